The zero-order chi connectivity index (χ0) is 15.6. The second kappa shape index (κ2) is 6.58. The molecule has 0 aliphatic carbocycles. The van der Waals surface area contributed by atoms with Crippen molar-refractivity contribution >= 4 is 33.4 Å². The minimum absolute atomic E-state index is 0.175. The molecule has 2 rings (SSSR count). The summed E-state index contributed by atoms with van der Waals surface area (Å²) in [6.45, 7) is 1.90. The molecule has 0 aliphatic rings. The quantitative estimate of drug-likeness (QED) is 0.738. The first-order valence-electron chi connectivity index (χ1n) is 6.38. The highest BCUT2D eigenvalue weighted by molar-refractivity contribution is 9.10. The molecule has 21 heavy (non-hydrogen) atoms. The largest absolute Gasteiger partial charge is 0.335 e. The minimum atomic E-state index is -0.439. The molecule has 0 aromatic heterocycles. The Morgan fingerprint density at radius 2 is 2.00 bits per heavy atom. The molecule has 0 radical (unpaired) electrons. The highest BCUT2D eigenvalue weighted by Crippen LogP contribution is 2.26. The summed E-state index contributed by atoms with van der Waals surface area (Å²) in [7, 11) is 1.69. The number of halogens is 3. The number of hydrogen-bond acceptors (Lipinski definition) is 1. The summed E-state index contributed by atoms with van der Waals surface area (Å²) >= 11 is 9.26. The van der Waals surface area contributed by atoms with Crippen molar-refractivity contribution in [1.82, 2.24) is 4.90 Å². The Morgan fingerprint density at radius 3 is 2.67 bits per heavy atom. The maximum atomic E-state index is 13.3. The number of benzene rings is 2. The molecule has 110 valence electrons. The average Bonchev–Trinajstić information content (AvgIpc) is 2.47. The Labute approximate surface area is 136 Å². The monoisotopic (exact) mass is 369 g/mol. The van der Waals surface area contributed by atoms with Gasteiger partial charge in [-0.3, -0.25) is 4.79 Å². The van der Waals surface area contributed by atoms with Crippen LogP contribution in [0.1, 0.15) is 28.9 Å². The van der Waals surface area contributed by atoms with E-state index in [1.807, 2.05) is 25.1 Å². The highest BCUT2D eigenvalue weighted by Gasteiger charge is 2.21. The summed E-state index contributed by atoms with van der Waals surface area (Å²) in [4.78, 5) is 14.1. The molecule has 5 heteroatoms. The Hall–Kier alpha value is -1.39. The van der Waals surface area contributed by atoms with Gasteiger partial charge in [0.05, 0.1) is 11.6 Å². The fraction of sp³-hybridized carbons (Fsp3) is 0.188. The van der Waals surface area contributed by atoms with Gasteiger partial charge >= 0.3 is 0 Å². The first-order chi connectivity index (χ1) is 9.90. The molecule has 0 fully saturated rings. The summed E-state index contributed by atoms with van der Waals surface area (Å²) in [5, 5.41) is 0.618. The van der Waals surface area contributed by atoms with Crippen molar-refractivity contribution in [3.8, 4) is 0 Å². The Kier molecular flexibility index (Phi) is 5.01. The maximum absolute atomic E-state index is 13.3. The lowest BCUT2D eigenvalue weighted by Crippen LogP contribution is -2.30. The average molecular weight is 371 g/mol. The van der Waals surface area contributed by atoms with Crippen LogP contribution in [0.3, 0.4) is 0 Å². The van der Waals surface area contributed by atoms with E-state index in [2.05, 4.69) is 15.9 Å². The first-order valence-corrected chi connectivity index (χ1v) is 7.55. The Morgan fingerprint density at radius 1 is 1.29 bits per heavy atom. The van der Waals surface area contributed by atoms with Gasteiger partial charge in [-0.2, -0.15) is 0 Å². The smallest absolute Gasteiger partial charge is 0.255 e. The molecule has 0 saturated heterocycles. The van der Waals surface area contributed by atoms with Gasteiger partial charge in [-0.25, -0.2) is 4.39 Å². The summed E-state index contributed by atoms with van der Waals surface area (Å²) in [5.74, 6) is -0.695. The van der Waals surface area contributed by atoms with Gasteiger partial charge in [-0.05, 0) is 58.7 Å². The second-order valence-corrected chi connectivity index (χ2v) is 6.06. The van der Waals surface area contributed by atoms with Gasteiger partial charge in [0.25, 0.3) is 5.91 Å². The second-order valence-electron chi connectivity index (χ2n) is 4.77. The van der Waals surface area contributed by atoms with Gasteiger partial charge in [0, 0.05) is 16.5 Å². The van der Waals surface area contributed by atoms with Crippen LogP contribution in [0.25, 0.3) is 0 Å². The lowest BCUT2D eigenvalue weighted by atomic mass is 10.1. The highest BCUT2D eigenvalue weighted by atomic mass is 79.9. The van der Waals surface area contributed by atoms with Crippen LogP contribution in [0.5, 0.6) is 0 Å². The maximum Gasteiger partial charge on any atom is 0.255 e. The van der Waals surface area contributed by atoms with Crippen LogP contribution >= 0.6 is 27.5 Å². The third-order valence-corrected chi connectivity index (χ3v) is 4.32. The van der Waals surface area contributed by atoms with E-state index in [-0.39, 0.29) is 11.9 Å². The molecular weight excluding hydrogens is 357 g/mol. The van der Waals surface area contributed by atoms with E-state index in [0.717, 1.165) is 5.56 Å². The van der Waals surface area contributed by atoms with E-state index in [0.29, 0.717) is 15.1 Å². The normalized spacial score (nSPS) is 12.0. The van der Waals surface area contributed by atoms with Gasteiger partial charge in [0.2, 0.25) is 0 Å². The molecule has 0 heterocycles. The van der Waals surface area contributed by atoms with Crippen LogP contribution in [-0.2, 0) is 0 Å². The van der Waals surface area contributed by atoms with Gasteiger partial charge in [0.1, 0.15) is 5.82 Å². The van der Waals surface area contributed by atoms with Crippen molar-refractivity contribution in [3.05, 3.63) is 68.9 Å². The zero-order valence-electron chi connectivity index (χ0n) is 11.6. The van der Waals surface area contributed by atoms with Crippen molar-refractivity contribution in [1.29, 1.82) is 0 Å². The number of rotatable bonds is 3. The SMILES string of the molecule is CC(c1cccc(Cl)c1)N(C)C(=O)c1cc(F)ccc1Br. The molecule has 1 amide bonds. The van der Waals surface area contributed by atoms with Crippen LogP contribution in [0.2, 0.25) is 5.02 Å². The Balaban J connectivity index is 2.28. The number of amides is 1. The first kappa shape index (κ1) is 16.0. The molecule has 1 atom stereocenters. The van der Waals surface area contributed by atoms with E-state index in [4.69, 9.17) is 11.6 Å². The van der Waals surface area contributed by atoms with Crippen LogP contribution in [0.15, 0.2) is 46.9 Å². The van der Waals surface area contributed by atoms with Gasteiger partial charge < -0.3 is 4.90 Å². The van der Waals surface area contributed by atoms with Gasteiger partial charge in [-0.1, -0.05) is 23.7 Å². The van der Waals surface area contributed by atoms with E-state index < -0.39 is 5.82 Å². The predicted octanol–water partition coefficient (Wildman–Crippen LogP) is 5.07. The van der Waals surface area contributed by atoms with Gasteiger partial charge in [0.15, 0.2) is 0 Å². The summed E-state index contributed by atoms with van der Waals surface area (Å²) < 4.78 is 13.9. The van der Waals surface area contributed by atoms with Crippen LogP contribution in [0.4, 0.5) is 4.39 Å². The van der Waals surface area contributed by atoms with Crippen molar-refractivity contribution < 1.29 is 9.18 Å². The lowest BCUT2D eigenvalue weighted by Gasteiger charge is -2.26. The number of carbonyl (C=O) groups excluding carboxylic acids is 1. The zero-order valence-corrected chi connectivity index (χ0v) is 14.0. The topological polar surface area (TPSA) is 20.3 Å². The Bertz CT molecular complexity index is 677. The summed E-state index contributed by atoms with van der Waals surface area (Å²) in [6.07, 6.45) is 0. The molecule has 0 bridgehead atoms. The number of nitrogens with zero attached hydrogens (tertiary/aromatic N) is 1. The molecule has 0 N–H and O–H groups in total. The standard InChI is InChI=1S/C16H14BrClFNO/c1-10(11-4-3-5-12(18)8-11)20(2)16(21)14-9-13(19)6-7-15(14)17/h3-10H,1-2H3. The van der Waals surface area contributed by atoms with Crippen LogP contribution < -0.4 is 0 Å². The molecule has 1 unspecified atom stereocenters. The molecule has 0 aliphatic heterocycles. The van der Waals surface area contributed by atoms with Crippen LogP contribution in [0, 0.1) is 5.82 Å². The third-order valence-electron chi connectivity index (χ3n) is 3.39. The van der Waals surface area contributed by atoms with Crippen LogP contribution in [-0.4, -0.2) is 17.9 Å². The van der Waals surface area contributed by atoms with E-state index in [1.54, 1.807) is 18.0 Å². The fourth-order valence-corrected chi connectivity index (χ4v) is 2.63. The van der Waals surface area contributed by atoms with Gasteiger partial charge in [-0.15, -0.1) is 0 Å². The number of hydrogen-bond donors (Lipinski definition) is 0. The number of carbonyl (C=O) groups is 1. The van der Waals surface area contributed by atoms with Crippen molar-refractivity contribution in [2.45, 2.75) is 13.0 Å². The van der Waals surface area contributed by atoms with Crippen molar-refractivity contribution in [2.75, 3.05) is 7.05 Å². The molecule has 2 nitrogen and oxygen atoms in total. The molecular formula is C16H14BrClFNO. The fourth-order valence-electron chi connectivity index (χ4n) is 2.02. The molecule has 2 aromatic carbocycles. The lowest BCUT2D eigenvalue weighted by molar-refractivity contribution is 0.0741. The summed E-state index contributed by atoms with van der Waals surface area (Å²) in [5.41, 5.74) is 1.22. The summed E-state index contributed by atoms with van der Waals surface area (Å²) in [6, 6.07) is 11.2. The van der Waals surface area contributed by atoms with E-state index in [1.165, 1.54) is 18.2 Å². The van der Waals surface area contributed by atoms with Crippen molar-refractivity contribution in [3.63, 3.8) is 0 Å². The van der Waals surface area contributed by atoms with E-state index >= 15 is 0 Å². The third kappa shape index (κ3) is 3.63. The van der Waals surface area contributed by atoms with Crippen molar-refractivity contribution in [2.24, 2.45) is 0 Å². The molecule has 0 saturated carbocycles. The van der Waals surface area contributed by atoms with E-state index in [9.17, 15) is 9.18 Å². The minimum Gasteiger partial charge on any atom is -0.335 e. The molecule has 0 spiro atoms. The predicted molar refractivity (Wildman–Crippen MR) is 86.1 cm³/mol. The molecule has 2 aromatic rings.